The van der Waals surface area contributed by atoms with E-state index >= 15 is 0 Å². The average molecular weight is 528 g/mol. The summed E-state index contributed by atoms with van der Waals surface area (Å²) in [6.45, 7) is 0. The van der Waals surface area contributed by atoms with Crippen LogP contribution >= 0.6 is 11.3 Å². The van der Waals surface area contributed by atoms with Crippen molar-refractivity contribution in [3.8, 4) is 33.8 Å². The van der Waals surface area contributed by atoms with Crippen molar-refractivity contribution in [2.45, 2.75) is 6.42 Å². The second-order valence-electron chi connectivity index (χ2n) is 9.18. The van der Waals surface area contributed by atoms with Crippen LogP contribution in [0.2, 0.25) is 0 Å². The Balaban J connectivity index is 1.21. The number of aromatic amines is 2. The predicted octanol–water partition coefficient (Wildman–Crippen LogP) is 6.47. The fourth-order valence-corrected chi connectivity index (χ4v) is 5.39. The van der Waals surface area contributed by atoms with Gasteiger partial charge in [0.2, 0.25) is 5.91 Å². The van der Waals surface area contributed by atoms with Gasteiger partial charge in [-0.05, 0) is 57.8 Å². The Morgan fingerprint density at radius 3 is 2.72 bits per heavy atom. The molecule has 6 heterocycles. The second-order valence-corrected chi connectivity index (χ2v) is 9.96. The molecular formula is C30H21N7OS. The number of amides is 1. The number of rotatable bonds is 6. The van der Waals surface area contributed by atoms with Crippen LogP contribution in [-0.4, -0.2) is 36.0 Å². The molecule has 0 aliphatic carbocycles. The van der Waals surface area contributed by atoms with Gasteiger partial charge >= 0.3 is 0 Å². The van der Waals surface area contributed by atoms with Crippen LogP contribution in [0.4, 0.5) is 5.69 Å². The number of nitrogens with one attached hydrogen (secondary N) is 3. The highest BCUT2D eigenvalue weighted by Gasteiger charge is 2.16. The van der Waals surface area contributed by atoms with Gasteiger partial charge < -0.3 is 10.3 Å². The third-order valence-electron chi connectivity index (χ3n) is 6.59. The van der Waals surface area contributed by atoms with Crippen molar-refractivity contribution in [3.05, 3.63) is 102 Å². The summed E-state index contributed by atoms with van der Waals surface area (Å²) in [4.78, 5) is 29.5. The molecule has 0 saturated heterocycles. The number of carbonyl (C=O) groups is 1. The molecule has 0 atom stereocenters. The molecule has 1 aromatic carbocycles. The minimum absolute atomic E-state index is 0.102. The molecule has 9 heteroatoms. The summed E-state index contributed by atoms with van der Waals surface area (Å²) < 4.78 is 0. The van der Waals surface area contributed by atoms with Crippen LogP contribution in [0.25, 0.3) is 55.7 Å². The number of H-pyrrole nitrogens is 2. The van der Waals surface area contributed by atoms with E-state index in [1.807, 2.05) is 54.7 Å². The Labute approximate surface area is 226 Å². The molecule has 3 N–H and O–H groups in total. The first-order valence-electron chi connectivity index (χ1n) is 12.4. The topological polar surface area (TPSA) is 112 Å². The van der Waals surface area contributed by atoms with Gasteiger partial charge in [-0.25, -0.2) is 4.98 Å². The Morgan fingerprint density at radius 2 is 1.85 bits per heavy atom. The van der Waals surface area contributed by atoms with Crippen molar-refractivity contribution in [1.29, 1.82) is 0 Å². The molecule has 0 bridgehead atoms. The van der Waals surface area contributed by atoms with E-state index < -0.39 is 0 Å². The molecule has 6 aromatic heterocycles. The zero-order valence-electron chi connectivity index (χ0n) is 20.6. The molecule has 0 aliphatic heterocycles. The maximum absolute atomic E-state index is 12.6. The number of nitrogens with zero attached hydrogens (tertiary/aromatic N) is 4. The summed E-state index contributed by atoms with van der Waals surface area (Å²) in [6.07, 6.45) is 7.25. The van der Waals surface area contributed by atoms with Crippen molar-refractivity contribution < 1.29 is 4.79 Å². The van der Waals surface area contributed by atoms with E-state index in [-0.39, 0.29) is 5.91 Å². The zero-order valence-corrected chi connectivity index (χ0v) is 21.4. The molecule has 8 nitrogen and oxygen atoms in total. The zero-order chi connectivity index (χ0) is 26.2. The number of anilines is 1. The lowest BCUT2D eigenvalue weighted by atomic mass is 10.1. The van der Waals surface area contributed by atoms with Crippen LogP contribution in [-0.2, 0) is 11.2 Å². The molecule has 39 heavy (non-hydrogen) atoms. The average Bonchev–Trinajstić information content (AvgIpc) is 3.73. The SMILES string of the molecule is O=C(Cc1ccccc1)Nc1cncc(-c2cc3c(-c4cc5c(-c6ccsc6)ccnc5[nH]4)n[nH]c3cn2)c1. The maximum atomic E-state index is 12.6. The fraction of sp³-hybridized carbons (Fsp3) is 0.0333. The molecule has 0 unspecified atom stereocenters. The normalized spacial score (nSPS) is 11.3. The lowest BCUT2D eigenvalue weighted by molar-refractivity contribution is -0.115. The Kier molecular flexibility index (Phi) is 5.68. The number of carbonyl (C=O) groups excluding carboxylic acids is 1. The molecule has 7 aromatic rings. The molecule has 7 rings (SSSR count). The number of benzene rings is 1. The van der Waals surface area contributed by atoms with Crippen molar-refractivity contribution in [3.63, 3.8) is 0 Å². The third-order valence-corrected chi connectivity index (χ3v) is 7.27. The number of hydrogen-bond acceptors (Lipinski definition) is 6. The summed E-state index contributed by atoms with van der Waals surface area (Å²) in [6, 6.07) is 19.7. The first-order valence-corrected chi connectivity index (χ1v) is 13.3. The number of aromatic nitrogens is 6. The van der Waals surface area contributed by atoms with E-state index in [0.29, 0.717) is 12.1 Å². The Morgan fingerprint density at radius 1 is 0.923 bits per heavy atom. The largest absolute Gasteiger partial charge is 0.338 e. The van der Waals surface area contributed by atoms with Gasteiger partial charge in [0.25, 0.3) is 0 Å². The Hall–Kier alpha value is -5.15. The van der Waals surface area contributed by atoms with Gasteiger partial charge in [0.05, 0.1) is 41.4 Å². The van der Waals surface area contributed by atoms with Gasteiger partial charge in [-0.2, -0.15) is 16.4 Å². The summed E-state index contributed by atoms with van der Waals surface area (Å²) in [5, 5.41) is 16.8. The highest BCUT2D eigenvalue weighted by Crippen LogP contribution is 2.34. The summed E-state index contributed by atoms with van der Waals surface area (Å²) in [7, 11) is 0. The first-order chi connectivity index (χ1) is 19.2. The highest BCUT2D eigenvalue weighted by atomic mass is 32.1. The van der Waals surface area contributed by atoms with Crippen LogP contribution in [0.15, 0.2) is 96.2 Å². The molecule has 0 spiro atoms. The van der Waals surface area contributed by atoms with Gasteiger partial charge in [-0.3, -0.25) is 19.9 Å². The second kappa shape index (κ2) is 9.62. The summed E-state index contributed by atoms with van der Waals surface area (Å²) >= 11 is 1.67. The molecule has 188 valence electrons. The highest BCUT2D eigenvalue weighted by molar-refractivity contribution is 7.08. The molecule has 1 amide bonds. The molecular weight excluding hydrogens is 506 g/mol. The molecule has 0 radical (unpaired) electrons. The van der Waals surface area contributed by atoms with Crippen LogP contribution in [0, 0.1) is 0 Å². The van der Waals surface area contributed by atoms with Gasteiger partial charge in [0.15, 0.2) is 0 Å². The fourth-order valence-electron chi connectivity index (χ4n) is 4.74. The van der Waals surface area contributed by atoms with E-state index in [0.717, 1.165) is 55.7 Å². The summed E-state index contributed by atoms with van der Waals surface area (Å²) in [5.74, 6) is -0.102. The number of fused-ring (bicyclic) bond motifs is 2. The van der Waals surface area contributed by atoms with Gasteiger partial charge in [0, 0.05) is 28.7 Å². The first kappa shape index (κ1) is 23.0. The smallest absolute Gasteiger partial charge is 0.228 e. The third kappa shape index (κ3) is 4.45. The van der Waals surface area contributed by atoms with E-state index in [4.69, 9.17) is 0 Å². The molecule has 0 saturated carbocycles. The van der Waals surface area contributed by atoms with E-state index in [9.17, 15) is 4.79 Å². The van der Waals surface area contributed by atoms with Crippen molar-refractivity contribution >= 4 is 44.9 Å². The van der Waals surface area contributed by atoms with Crippen molar-refractivity contribution in [2.75, 3.05) is 5.32 Å². The minimum atomic E-state index is -0.102. The molecule has 0 fully saturated rings. The van der Waals surface area contributed by atoms with E-state index in [2.05, 4.69) is 58.3 Å². The predicted molar refractivity (Wildman–Crippen MR) is 154 cm³/mol. The number of thiophene rings is 1. The van der Waals surface area contributed by atoms with Crippen molar-refractivity contribution in [2.24, 2.45) is 0 Å². The van der Waals surface area contributed by atoms with E-state index in [1.165, 1.54) is 5.56 Å². The van der Waals surface area contributed by atoms with Gasteiger partial charge in [-0.15, -0.1) is 0 Å². The monoisotopic (exact) mass is 527 g/mol. The number of hydrogen-bond donors (Lipinski definition) is 3. The van der Waals surface area contributed by atoms with E-state index in [1.54, 1.807) is 29.9 Å². The van der Waals surface area contributed by atoms with Gasteiger partial charge in [-0.1, -0.05) is 30.3 Å². The van der Waals surface area contributed by atoms with Crippen molar-refractivity contribution in [1.82, 2.24) is 30.1 Å². The quantitative estimate of drug-likeness (QED) is 0.229. The van der Waals surface area contributed by atoms with Gasteiger partial charge in [0.1, 0.15) is 11.3 Å². The lowest BCUT2D eigenvalue weighted by Crippen LogP contribution is -2.14. The van der Waals surface area contributed by atoms with Crippen LogP contribution in [0.5, 0.6) is 0 Å². The minimum Gasteiger partial charge on any atom is -0.338 e. The van der Waals surface area contributed by atoms with Crippen LogP contribution < -0.4 is 5.32 Å². The lowest BCUT2D eigenvalue weighted by Gasteiger charge is -2.07. The standard InChI is InChI=1S/C30H21N7OS/c38-28(10-18-4-2-1-3-5-18)34-21-11-20(14-31-15-21)25-13-24-27(16-33-25)36-37-29(24)26-12-23-22(19-7-9-39-17-19)6-8-32-30(23)35-26/h1-9,11-17H,10H2,(H,32,35)(H,34,38)(H,36,37). The summed E-state index contributed by atoms with van der Waals surface area (Å²) in [5.41, 5.74) is 8.65. The molecule has 0 aliphatic rings. The van der Waals surface area contributed by atoms with Crippen LogP contribution in [0.1, 0.15) is 5.56 Å². The Bertz CT molecular complexity index is 1940. The van der Waals surface area contributed by atoms with Crippen LogP contribution in [0.3, 0.4) is 0 Å². The maximum Gasteiger partial charge on any atom is 0.228 e. The number of pyridine rings is 3.